The van der Waals surface area contributed by atoms with Gasteiger partial charge in [0.05, 0.1) is 6.54 Å². The number of amides is 2. The SMILES string of the molecule is O=C(CN1CCN(C(=O)c2cccc(Cl)c2)CC1)NCC(F)(F)F. The summed E-state index contributed by atoms with van der Waals surface area (Å²) in [5.41, 5.74) is 0.485. The highest BCUT2D eigenvalue weighted by atomic mass is 35.5. The number of carbonyl (C=O) groups is 2. The monoisotopic (exact) mass is 363 g/mol. The van der Waals surface area contributed by atoms with Crippen molar-refractivity contribution in [2.24, 2.45) is 0 Å². The number of carbonyl (C=O) groups excluding carboxylic acids is 2. The summed E-state index contributed by atoms with van der Waals surface area (Å²) in [6.45, 7) is 0.196. The molecule has 1 aromatic carbocycles. The highest BCUT2D eigenvalue weighted by Gasteiger charge is 2.28. The third-order valence-electron chi connectivity index (χ3n) is 3.58. The molecule has 0 unspecified atom stereocenters. The Hall–Kier alpha value is -1.80. The molecule has 1 aromatic rings. The van der Waals surface area contributed by atoms with Crippen LogP contribution in [0.4, 0.5) is 13.2 Å². The maximum atomic E-state index is 12.3. The maximum Gasteiger partial charge on any atom is 0.405 e. The Kier molecular flexibility index (Phi) is 6.06. The van der Waals surface area contributed by atoms with Gasteiger partial charge in [-0.3, -0.25) is 14.5 Å². The van der Waals surface area contributed by atoms with Gasteiger partial charge in [0.25, 0.3) is 5.91 Å². The lowest BCUT2D eigenvalue weighted by Gasteiger charge is -2.34. The van der Waals surface area contributed by atoms with Crippen LogP contribution < -0.4 is 5.32 Å². The topological polar surface area (TPSA) is 52.7 Å². The Balaban J connectivity index is 1.79. The molecule has 5 nitrogen and oxygen atoms in total. The van der Waals surface area contributed by atoms with Crippen molar-refractivity contribution in [3.8, 4) is 0 Å². The number of hydrogen-bond donors (Lipinski definition) is 1. The van der Waals surface area contributed by atoms with Crippen LogP contribution in [0.1, 0.15) is 10.4 Å². The Morgan fingerprint density at radius 1 is 1.17 bits per heavy atom. The number of hydrogen-bond acceptors (Lipinski definition) is 3. The Bertz CT molecular complexity index is 602. The van der Waals surface area contributed by atoms with Crippen molar-refractivity contribution in [2.75, 3.05) is 39.3 Å². The third kappa shape index (κ3) is 5.68. The van der Waals surface area contributed by atoms with E-state index in [1.54, 1.807) is 34.1 Å². The lowest BCUT2D eigenvalue weighted by Crippen LogP contribution is -2.51. The molecule has 132 valence electrons. The van der Waals surface area contributed by atoms with Gasteiger partial charge in [-0.05, 0) is 18.2 Å². The van der Waals surface area contributed by atoms with Gasteiger partial charge in [-0.1, -0.05) is 17.7 Å². The van der Waals surface area contributed by atoms with Crippen LogP contribution >= 0.6 is 11.6 Å². The molecule has 0 atom stereocenters. The highest BCUT2D eigenvalue weighted by Crippen LogP contribution is 2.14. The molecule has 1 aliphatic heterocycles. The molecule has 1 fully saturated rings. The number of alkyl halides is 3. The van der Waals surface area contributed by atoms with Gasteiger partial charge in [0.1, 0.15) is 6.54 Å². The molecule has 0 bridgehead atoms. The molecule has 0 radical (unpaired) electrons. The highest BCUT2D eigenvalue weighted by molar-refractivity contribution is 6.30. The number of halogens is 4. The van der Waals surface area contributed by atoms with E-state index < -0.39 is 18.6 Å². The summed E-state index contributed by atoms with van der Waals surface area (Å²) in [6, 6.07) is 6.62. The van der Waals surface area contributed by atoms with Gasteiger partial charge in [0.15, 0.2) is 0 Å². The van der Waals surface area contributed by atoms with Crippen LogP contribution in [0, 0.1) is 0 Å². The predicted molar refractivity (Wildman–Crippen MR) is 82.9 cm³/mol. The first-order chi connectivity index (χ1) is 11.2. The van der Waals surface area contributed by atoms with Crippen LogP contribution in [0.5, 0.6) is 0 Å². The summed E-state index contributed by atoms with van der Waals surface area (Å²) >= 11 is 5.87. The van der Waals surface area contributed by atoms with Crippen molar-refractivity contribution in [1.82, 2.24) is 15.1 Å². The third-order valence-corrected chi connectivity index (χ3v) is 3.82. The quantitative estimate of drug-likeness (QED) is 0.887. The fraction of sp³-hybridized carbons (Fsp3) is 0.467. The molecule has 24 heavy (non-hydrogen) atoms. The number of rotatable bonds is 4. The molecule has 2 rings (SSSR count). The van der Waals surface area contributed by atoms with Crippen LogP contribution in [-0.4, -0.2) is 67.1 Å². The second-order valence-corrected chi connectivity index (χ2v) is 5.91. The van der Waals surface area contributed by atoms with Crippen LogP contribution in [0.2, 0.25) is 5.02 Å². The van der Waals surface area contributed by atoms with Gasteiger partial charge < -0.3 is 10.2 Å². The van der Waals surface area contributed by atoms with Gasteiger partial charge in [-0.2, -0.15) is 13.2 Å². The standard InChI is InChI=1S/C15H17ClF3N3O2/c16-12-3-1-2-11(8-12)14(24)22-6-4-21(5-7-22)9-13(23)20-10-15(17,18)19/h1-3,8H,4-7,9-10H2,(H,20,23). The lowest BCUT2D eigenvalue weighted by atomic mass is 10.2. The van der Waals surface area contributed by atoms with Crippen molar-refractivity contribution in [2.45, 2.75) is 6.18 Å². The summed E-state index contributed by atoms with van der Waals surface area (Å²) in [6.07, 6.45) is -4.42. The molecular formula is C15H17ClF3N3O2. The largest absolute Gasteiger partial charge is 0.405 e. The predicted octanol–water partition coefficient (Wildman–Crippen LogP) is 1.78. The zero-order valence-electron chi connectivity index (χ0n) is 12.8. The summed E-state index contributed by atoms with van der Waals surface area (Å²) in [4.78, 5) is 27.2. The van der Waals surface area contributed by atoms with E-state index in [2.05, 4.69) is 0 Å². The minimum atomic E-state index is -4.42. The number of benzene rings is 1. The number of nitrogens with one attached hydrogen (secondary N) is 1. The molecular weight excluding hydrogens is 347 g/mol. The van der Waals surface area contributed by atoms with Crippen molar-refractivity contribution >= 4 is 23.4 Å². The summed E-state index contributed by atoms with van der Waals surface area (Å²) in [5, 5.41) is 2.31. The molecule has 1 heterocycles. The van der Waals surface area contributed by atoms with Gasteiger partial charge in [0, 0.05) is 36.8 Å². The molecule has 0 spiro atoms. The van der Waals surface area contributed by atoms with E-state index in [1.807, 2.05) is 5.32 Å². The first-order valence-electron chi connectivity index (χ1n) is 7.35. The molecule has 1 N–H and O–H groups in total. The van der Waals surface area contributed by atoms with Gasteiger partial charge in [-0.25, -0.2) is 0 Å². The summed E-state index contributed by atoms with van der Waals surface area (Å²) in [5.74, 6) is -0.833. The molecule has 1 saturated heterocycles. The minimum absolute atomic E-state index is 0.116. The van der Waals surface area contributed by atoms with Crippen LogP contribution in [0.15, 0.2) is 24.3 Å². The van der Waals surface area contributed by atoms with Crippen molar-refractivity contribution < 1.29 is 22.8 Å². The lowest BCUT2D eigenvalue weighted by molar-refractivity contribution is -0.139. The van der Waals surface area contributed by atoms with Crippen molar-refractivity contribution in [3.05, 3.63) is 34.9 Å². The number of nitrogens with zero attached hydrogens (tertiary/aromatic N) is 2. The van der Waals surface area contributed by atoms with Crippen molar-refractivity contribution in [3.63, 3.8) is 0 Å². The summed E-state index contributed by atoms with van der Waals surface area (Å²) < 4.78 is 36.1. The fourth-order valence-corrected chi connectivity index (χ4v) is 2.56. The molecule has 0 aliphatic carbocycles. The zero-order valence-corrected chi connectivity index (χ0v) is 13.5. The van der Waals surface area contributed by atoms with E-state index in [-0.39, 0.29) is 12.5 Å². The Labute approximate surface area is 142 Å². The average molecular weight is 364 g/mol. The normalized spacial score (nSPS) is 16.1. The minimum Gasteiger partial charge on any atom is -0.346 e. The first-order valence-corrected chi connectivity index (χ1v) is 7.73. The second-order valence-electron chi connectivity index (χ2n) is 5.47. The second kappa shape index (κ2) is 7.85. The Morgan fingerprint density at radius 2 is 1.83 bits per heavy atom. The molecule has 0 saturated carbocycles. The van der Waals surface area contributed by atoms with Crippen molar-refractivity contribution in [1.29, 1.82) is 0 Å². The Morgan fingerprint density at radius 3 is 2.42 bits per heavy atom. The molecule has 0 aromatic heterocycles. The van der Waals surface area contributed by atoms with Crippen LogP contribution in [0.3, 0.4) is 0 Å². The van der Waals surface area contributed by atoms with E-state index in [0.717, 1.165) is 0 Å². The number of piperazine rings is 1. The van der Waals surface area contributed by atoms with Crippen LogP contribution in [-0.2, 0) is 4.79 Å². The van der Waals surface area contributed by atoms with E-state index in [1.165, 1.54) is 0 Å². The van der Waals surface area contributed by atoms with Gasteiger partial charge >= 0.3 is 6.18 Å². The molecule has 9 heteroatoms. The zero-order chi connectivity index (χ0) is 17.7. The molecule has 1 aliphatic rings. The summed E-state index contributed by atoms with van der Waals surface area (Å²) in [7, 11) is 0. The van der Waals surface area contributed by atoms with Gasteiger partial charge in [0.2, 0.25) is 5.91 Å². The van der Waals surface area contributed by atoms with Gasteiger partial charge in [-0.15, -0.1) is 0 Å². The fourth-order valence-electron chi connectivity index (χ4n) is 2.37. The van der Waals surface area contributed by atoms with E-state index in [4.69, 9.17) is 11.6 Å². The average Bonchev–Trinajstić information content (AvgIpc) is 2.52. The maximum absolute atomic E-state index is 12.3. The van der Waals surface area contributed by atoms with E-state index in [0.29, 0.717) is 36.8 Å². The van der Waals surface area contributed by atoms with E-state index >= 15 is 0 Å². The van der Waals surface area contributed by atoms with Crippen LogP contribution in [0.25, 0.3) is 0 Å². The molecule has 2 amide bonds. The van der Waals surface area contributed by atoms with E-state index in [9.17, 15) is 22.8 Å². The first kappa shape index (κ1) is 18.5. The smallest absolute Gasteiger partial charge is 0.346 e.